The van der Waals surface area contributed by atoms with Gasteiger partial charge in [-0.15, -0.1) is 0 Å². The average Bonchev–Trinajstić information content (AvgIpc) is 3.46. The SMILES string of the molecule is Cc1cccc(C(C(=O)NC(C)C)N(C(=O)C(CS)NC(=O)OC(C)(C)C)C2CC2)c1. The molecule has 31 heavy (non-hydrogen) atoms. The molecule has 2 rings (SSSR count). The standard InChI is InChI=1S/C23H35N3O4S/c1-14(2)24-20(27)19(16-9-7-8-15(3)12-16)26(17-10-11-17)21(28)18(13-31)25-22(29)30-23(4,5)6/h7-9,12,14,17-19,31H,10-11,13H2,1-6H3,(H,24,27)(H,25,29). The lowest BCUT2D eigenvalue weighted by Crippen LogP contribution is -2.55. The Bertz CT molecular complexity index is 802. The smallest absolute Gasteiger partial charge is 0.408 e. The maximum atomic E-state index is 13.6. The number of thiol groups is 1. The Kier molecular flexibility index (Phi) is 8.40. The molecule has 2 unspecified atom stereocenters. The van der Waals surface area contributed by atoms with Crippen molar-refractivity contribution in [2.45, 2.75) is 84.2 Å². The molecule has 0 spiro atoms. The van der Waals surface area contributed by atoms with Gasteiger partial charge in [-0.05, 0) is 59.9 Å². The van der Waals surface area contributed by atoms with Crippen LogP contribution in [0.1, 0.15) is 64.6 Å². The van der Waals surface area contributed by atoms with Crippen LogP contribution in [0.25, 0.3) is 0 Å². The highest BCUT2D eigenvalue weighted by atomic mass is 32.1. The largest absolute Gasteiger partial charge is 0.444 e. The first-order valence-corrected chi connectivity index (χ1v) is 11.4. The molecular formula is C23H35N3O4S. The minimum absolute atomic E-state index is 0.0567. The van der Waals surface area contributed by atoms with E-state index < -0.39 is 23.8 Å². The van der Waals surface area contributed by atoms with Crippen molar-refractivity contribution in [3.05, 3.63) is 35.4 Å². The first-order chi connectivity index (χ1) is 14.4. The van der Waals surface area contributed by atoms with Crippen LogP contribution in [-0.4, -0.2) is 52.3 Å². The molecule has 0 radical (unpaired) electrons. The lowest BCUT2D eigenvalue weighted by molar-refractivity contribution is -0.143. The average molecular weight is 450 g/mol. The normalized spacial score (nSPS) is 15.7. The maximum Gasteiger partial charge on any atom is 0.408 e. The zero-order valence-electron chi connectivity index (χ0n) is 19.3. The summed E-state index contributed by atoms with van der Waals surface area (Å²) >= 11 is 4.29. The molecule has 1 aromatic carbocycles. The number of aryl methyl sites for hydroxylation is 1. The van der Waals surface area contributed by atoms with Crippen molar-refractivity contribution >= 4 is 30.5 Å². The molecule has 0 bridgehead atoms. The van der Waals surface area contributed by atoms with E-state index >= 15 is 0 Å². The maximum absolute atomic E-state index is 13.6. The van der Waals surface area contributed by atoms with Gasteiger partial charge < -0.3 is 20.3 Å². The summed E-state index contributed by atoms with van der Waals surface area (Å²) in [6, 6.07) is 5.79. The van der Waals surface area contributed by atoms with Crippen molar-refractivity contribution in [1.29, 1.82) is 0 Å². The number of amides is 3. The van der Waals surface area contributed by atoms with E-state index in [1.165, 1.54) is 0 Å². The van der Waals surface area contributed by atoms with Crippen molar-refractivity contribution in [1.82, 2.24) is 15.5 Å². The third kappa shape index (κ3) is 7.45. The van der Waals surface area contributed by atoms with Crippen LogP contribution >= 0.6 is 12.6 Å². The second kappa shape index (κ2) is 10.4. The van der Waals surface area contributed by atoms with E-state index in [9.17, 15) is 14.4 Å². The minimum Gasteiger partial charge on any atom is -0.444 e. The number of ether oxygens (including phenoxy) is 1. The van der Waals surface area contributed by atoms with Gasteiger partial charge in [-0.1, -0.05) is 29.8 Å². The van der Waals surface area contributed by atoms with E-state index in [0.29, 0.717) is 0 Å². The van der Waals surface area contributed by atoms with E-state index in [1.54, 1.807) is 25.7 Å². The highest BCUT2D eigenvalue weighted by molar-refractivity contribution is 7.80. The van der Waals surface area contributed by atoms with Crippen LogP contribution in [0.3, 0.4) is 0 Å². The predicted molar refractivity (Wildman–Crippen MR) is 124 cm³/mol. The molecule has 1 aliphatic rings. The topological polar surface area (TPSA) is 87.7 Å². The van der Waals surface area contributed by atoms with Gasteiger partial charge in [-0.25, -0.2) is 4.79 Å². The van der Waals surface area contributed by atoms with Crippen LogP contribution in [-0.2, 0) is 14.3 Å². The Hall–Kier alpha value is -2.22. The number of hydrogen-bond donors (Lipinski definition) is 3. The molecule has 0 saturated heterocycles. The van der Waals surface area contributed by atoms with Gasteiger partial charge in [0.05, 0.1) is 0 Å². The number of alkyl carbamates (subject to hydrolysis) is 1. The molecule has 2 atom stereocenters. The fraction of sp³-hybridized carbons (Fsp3) is 0.609. The molecule has 1 aromatic rings. The van der Waals surface area contributed by atoms with Gasteiger partial charge in [0, 0.05) is 17.8 Å². The summed E-state index contributed by atoms with van der Waals surface area (Å²) < 4.78 is 5.30. The van der Waals surface area contributed by atoms with Gasteiger partial charge in [-0.3, -0.25) is 9.59 Å². The summed E-state index contributed by atoms with van der Waals surface area (Å²) in [5, 5.41) is 5.57. The Morgan fingerprint density at radius 1 is 1.19 bits per heavy atom. The molecule has 1 aliphatic carbocycles. The molecule has 8 heteroatoms. The lowest BCUT2D eigenvalue weighted by atomic mass is 10.0. The minimum atomic E-state index is -0.905. The Balaban J connectivity index is 2.36. The molecule has 172 valence electrons. The van der Waals surface area contributed by atoms with Crippen LogP contribution in [0.4, 0.5) is 4.79 Å². The molecule has 7 nitrogen and oxygen atoms in total. The summed E-state index contributed by atoms with van der Waals surface area (Å²) in [5.41, 5.74) is 1.06. The molecule has 1 fully saturated rings. The third-order valence-electron chi connectivity index (χ3n) is 4.68. The summed E-state index contributed by atoms with van der Waals surface area (Å²) in [4.78, 5) is 40.7. The highest BCUT2D eigenvalue weighted by Crippen LogP contribution is 2.36. The zero-order chi connectivity index (χ0) is 23.3. The first-order valence-electron chi connectivity index (χ1n) is 10.7. The zero-order valence-corrected chi connectivity index (χ0v) is 20.2. The summed E-state index contributed by atoms with van der Waals surface area (Å²) in [6.45, 7) is 11.0. The number of nitrogens with one attached hydrogen (secondary N) is 2. The van der Waals surface area contributed by atoms with Gasteiger partial charge >= 0.3 is 6.09 Å². The molecule has 0 aliphatic heterocycles. The fourth-order valence-electron chi connectivity index (χ4n) is 3.33. The van der Waals surface area contributed by atoms with Crippen LogP contribution in [0.15, 0.2) is 24.3 Å². The summed E-state index contributed by atoms with van der Waals surface area (Å²) in [7, 11) is 0. The Labute approximate surface area is 190 Å². The first kappa shape index (κ1) is 25.0. The van der Waals surface area contributed by atoms with E-state index in [2.05, 4.69) is 23.3 Å². The molecule has 1 saturated carbocycles. The van der Waals surface area contributed by atoms with Crippen LogP contribution in [0.2, 0.25) is 0 Å². The van der Waals surface area contributed by atoms with Crippen LogP contribution < -0.4 is 10.6 Å². The second-order valence-electron chi connectivity index (χ2n) is 9.34. The van der Waals surface area contributed by atoms with E-state index in [1.807, 2.05) is 45.0 Å². The van der Waals surface area contributed by atoms with Gasteiger partial charge in [0.25, 0.3) is 0 Å². The number of nitrogens with zero attached hydrogens (tertiary/aromatic N) is 1. The quantitative estimate of drug-likeness (QED) is 0.531. The number of carbonyl (C=O) groups excluding carboxylic acids is 3. The highest BCUT2D eigenvalue weighted by Gasteiger charge is 2.43. The Morgan fingerprint density at radius 3 is 2.32 bits per heavy atom. The van der Waals surface area contributed by atoms with Crippen LogP contribution in [0.5, 0.6) is 0 Å². The molecule has 3 amide bonds. The van der Waals surface area contributed by atoms with Crippen molar-refractivity contribution in [3.63, 3.8) is 0 Å². The van der Waals surface area contributed by atoms with Gasteiger partial charge in [0.1, 0.15) is 17.7 Å². The van der Waals surface area contributed by atoms with Crippen molar-refractivity contribution < 1.29 is 19.1 Å². The number of hydrogen-bond acceptors (Lipinski definition) is 5. The monoisotopic (exact) mass is 449 g/mol. The molecule has 0 aromatic heterocycles. The molecular weight excluding hydrogens is 414 g/mol. The third-order valence-corrected chi connectivity index (χ3v) is 5.05. The number of carbonyl (C=O) groups is 3. The predicted octanol–water partition coefficient (Wildman–Crippen LogP) is 3.37. The van der Waals surface area contributed by atoms with E-state index in [4.69, 9.17) is 4.74 Å². The van der Waals surface area contributed by atoms with Gasteiger partial charge in [0.2, 0.25) is 11.8 Å². The Morgan fingerprint density at radius 2 is 1.84 bits per heavy atom. The lowest BCUT2D eigenvalue weighted by Gasteiger charge is -2.34. The van der Waals surface area contributed by atoms with E-state index in [0.717, 1.165) is 24.0 Å². The van der Waals surface area contributed by atoms with Gasteiger partial charge in [-0.2, -0.15) is 12.6 Å². The second-order valence-corrected chi connectivity index (χ2v) is 9.70. The molecule has 2 N–H and O–H groups in total. The summed E-state index contributed by atoms with van der Waals surface area (Å²) in [5.74, 6) is -0.488. The molecule has 0 heterocycles. The van der Waals surface area contributed by atoms with E-state index in [-0.39, 0.29) is 29.7 Å². The van der Waals surface area contributed by atoms with Crippen molar-refractivity contribution in [2.75, 3.05) is 5.75 Å². The summed E-state index contributed by atoms with van der Waals surface area (Å²) in [6.07, 6.45) is 0.943. The van der Waals surface area contributed by atoms with Crippen LogP contribution in [0, 0.1) is 6.92 Å². The fourth-order valence-corrected chi connectivity index (χ4v) is 3.58. The van der Waals surface area contributed by atoms with Gasteiger partial charge in [0.15, 0.2) is 0 Å². The number of benzene rings is 1. The van der Waals surface area contributed by atoms with Crippen molar-refractivity contribution in [2.24, 2.45) is 0 Å². The van der Waals surface area contributed by atoms with Crippen molar-refractivity contribution in [3.8, 4) is 0 Å². The number of rotatable bonds is 8.